The molecule has 0 radical (unpaired) electrons. The van der Waals surface area contributed by atoms with E-state index in [0.717, 1.165) is 12.8 Å². The molecule has 0 amide bonds. The van der Waals surface area contributed by atoms with Gasteiger partial charge in [0.15, 0.2) is 11.5 Å². The summed E-state index contributed by atoms with van der Waals surface area (Å²) in [6.45, 7) is 7.23. The molecule has 0 heterocycles. The molecule has 0 aliphatic heterocycles. The lowest BCUT2D eigenvalue weighted by Gasteiger charge is -2.11. The van der Waals surface area contributed by atoms with Crippen molar-refractivity contribution >= 4 is 0 Å². The van der Waals surface area contributed by atoms with E-state index >= 15 is 0 Å². The van der Waals surface area contributed by atoms with Crippen molar-refractivity contribution in [3.63, 3.8) is 0 Å². The summed E-state index contributed by atoms with van der Waals surface area (Å²) in [6.07, 6.45) is 4.42. The Bertz CT molecular complexity index is 332. The summed E-state index contributed by atoms with van der Waals surface area (Å²) < 4.78 is 5.61. The molecule has 2 nitrogen and oxygen atoms in total. The normalized spacial score (nSPS) is 10.8. The van der Waals surface area contributed by atoms with Gasteiger partial charge in [-0.15, -0.1) is 0 Å². The van der Waals surface area contributed by atoms with Crippen molar-refractivity contribution in [1.29, 1.82) is 0 Å². The molecule has 1 aromatic rings. The van der Waals surface area contributed by atoms with Crippen LogP contribution >= 0.6 is 0 Å². The van der Waals surface area contributed by atoms with Crippen molar-refractivity contribution in [3.8, 4) is 11.5 Å². The zero-order valence-electron chi connectivity index (χ0n) is 11.2. The molecule has 0 unspecified atom stereocenters. The zero-order chi connectivity index (χ0) is 12.7. The molecule has 0 fully saturated rings. The van der Waals surface area contributed by atoms with E-state index in [1.165, 1.54) is 18.4 Å². The standard InChI is InChI=1S/C15H24O2/c1-4-5-6-9-17-15-11-13(10-12(2)3)7-8-14(15)16/h7-8,11-12,16H,4-6,9-10H2,1-3H3. The molecule has 1 rings (SSSR count). The number of hydrogen-bond acceptors (Lipinski definition) is 2. The van der Waals surface area contributed by atoms with Crippen molar-refractivity contribution in [2.75, 3.05) is 6.61 Å². The summed E-state index contributed by atoms with van der Waals surface area (Å²) in [4.78, 5) is 0. The molecule has 0 spiro atoms. The third kappa shape index (κ3) is 5.12. The second-order valence-corrected chi connectivity index (χ2v) is 4.96. The summed E-state index contributed by atoms with van der Waals surface area (Å²) in [5.41, 5.74) is 1.23. The van der Waals surface area contributed by atoms with Gasteiger partial charge in [0.1, 0.15) is 0 Å². The Morgan fingerprint density at radius 2 is 2.00 bits per heavy atom. The fraction of sp³-hybridized carbons (Fsp3) is 0.600. The lowest BCUT2D eigenvalue weighted by atomic mass is 10.0. The van der Waals surface area contributed by atoms with Crippen LogP contribution in [0.5, 0.6) is 11.5 Å². The van der Waals surface area contributed by atoms with Gasteiger partial charge < -0.3 is 9.84 Å². The van der Waals surface area contributed by atoms with Crippen LogP contribution < -0.4 is 4.74 Å². The lowest BCUT2D eigenvalue weighted by Crippen LogP contribution is -1.99. The fourth-order valence-electron chi connectivity index (χ4n) is 1.81. The monoisotopic (exact) mass is 236 g/mol. The van der Waals surface area contributed by atoms with Crippen LogP contribution in [0, 0.1) is 5.92 Å². The maximum absolute atomic E-state index is 9.70. The molecule has 17 heavy (non-hydrogen) atoms. The zero-order valence-corrected chi connectivity index (χ0v) is 11.2. The van der Waals surface area contributed by atoms with Gasteiger partial charge in [-0.25, -0.2) is 0 Å². The van der Waals surface area contributed by atoms with E-state index < -0.39 is 0 Å². The number of phenols is 1. The van der Waals surface area contributed by atoms with Gasteiger partial charge in [0.25, 0.3) is 0 Å². The van der Waals surface area contributed by atoms with Crippen LogP contribution in [-0.4, -0.2) is 11.7 Å². The summed E-state index contributed by atoms with van der Waals surface area (Å²) in [6, 6.07) is 5.66. The highest BCUT2D eigenvalue weighted by Gasteiger charge is 2.05. The fourth-order valence-corrected chi connectivity index (χ4v) is 1.81. The number of phenolic OH excluding ortho intramolecular Hbond substituents is 1. The van der Waals surface area contributed by atoms with Crippen molar-refractivity contribution in [2.45, 2.75) is 46.5 Å². The number of unbranched alkanes of at least 4 members (excludes halogenated alkanes) is 2. The summed E-state index contributed by atoms with van der Waals surface area (Å²) in [5.74, 6) is 1.49. The van der Waals surface area contributed by atoms with E-state index in [-0.39, 0.29) is 5.75 Å². The van der Waals surface area contributed by atoms with Crippen LogP contribution in [0.15, 0.2) is 18.2 Å². The van der Waals surface area contributed by atoms with E-state index in [4.69, 9.17) is 4.74 Å². The molecule has 0 saturated heterocycles. The Morgan fingerprint density at radius 1 is 1.24 bits per heavy atom. The van der Waals surface area contributed by atoms with Gasteiger partial charge in [0.05, 0.1) is 6.61 Å². The van der Waals surface area contributed by atoms with Crippen molar-refractivity contribution in [3.05, 3.63) is 23.8 Å². The maximum Gasteiger partial charge on any atom is 0.161 e. The number of rotatable bonds is 7. The smallest absolute Gasteiger partial charge is 0.161 e. The SMILES string of the molecule is CCCCCOc1cc(CC(C)C)ccc1O. The topological polar surface area (TPSA) is 29.5 Å². The second kappa shape index (κ2) is 7.21. The molecule has 0 atom stereocenters. The predicted octanol–water partition coefficient (Wildman–Crippen LogP) is 4.16. The highest BCUT2D eigenvalue weighted by atomic mass is 16.5. The summed E-state index contributed by atoms with van der Waals surface area (Å²) in [7, 11) is 0. The molecule has 1 aromatic carbocycles. The largest absolute Gasteiger partial charge is 0.504 e. The highest BCUT2D eigenvalue weighted by Crippen LogP contribution is 2.28. The first-order valence-corrected chi connectivity index (χ1v) is 6.58. The van der Waals surface area contributed by atoms with E-state index in [2.05, 4.69) is 20.8 Å². The third-order valence-electron chi connectivity index (χ3n) is 2.67. The van der Waals surface area contributed by atoms with Gasteiger partial charge in [0.2, 0.25) is 0 Å². The minimum absolute atomic E-state index is 0.244. The van der Waals surface area contributed by atoms with E-state index in [0.29, 0.717) is 18.3 Å². The van der Waals surface area contributed by atoms with Crippen LogP contribution in [0.3, 0.4) is 0 Å². The molecule has 0 aromatic heterocycles. The maximum atomic E-state index is 9.70. The average molecular weight is 236 g/mol. The van der Waals surface area contributed by atoms with E-state index in [1.807, 2.05) is 12.1 Å². The predicted molar refractivity (Wildman–Crippen MR) is 71.7 cm³/mol. The molecule has 96 valence electrons. The van der Waals surface area contributed by atoms with Crippen molar-refractivity contribution in [2.24, 2.45) is 5.92 Å². The number of ether oxygens (including phenoxy) is 1. The van der Waals surface area contributed by atoms with Gasteiger partial charge in [0, 0.05) is 0 Å². The van der Waals surface area contributed by atoms with Crippen LogP contribution in [0.4, 0.5) is 0 Å². The first-order valence-electron chi connectivity index (χ1n) is 6.58. The lowest BCUT2D eigenvalue weighted by molar-refractivity contribution is 0.290. The van der Waals surface area contributed by atoms with Crippen molar-refractivity contribution in [1.82, 2.24) is 0 Å². The Labute approximate surface area is 105 Å². The van der Waals surface area contributed by atoms with E-state index in [9.17, 15) is 5.11 Å². The molecule has 0 aliphatic rings. The Kier molecular flexibility index (Phi) is 5.88. The third-order valence-corrected chi connectivity index (χ3v) is 2.67. The van der Waals surface area contributed by atoms with Crippen molar-refractivity contribution < 1.29 is 9.84 Å². The molecular formula is C15H24O2. The van der Waals surface area contributed by atoms with Crippen LogP contribution in [-0.2, 0) is 6.42 Å². The molecule has 1 N–H and O–H groups in total. The number of hydrogen-bond donors (Lipinski definition) is 1. The van der Waals surface area contributed by atoms with Crippen LogP contribution in [0.2, 0.25) is 0 Å². The average Bonchev–Trinajstić information content (AvgIpc) is 2.28. The number of benzene rings is 1. The minimum Gasteiger partial charge on any atom is -0.504 e. The Hall–Kier alpha value is -1.18. The van der Waals surface area contributed by atoms with E-state index in [1.54, 1.807) is 6.07 Å². The second-order valence-electron chi connectivity index (χ2n) is 4.96. The minimum atomic E-state index is 0.244. The molecule has 2 heteroatoms. The van der Waals surface area contributed by atoms with Crippen LogP contribution in [0.1, 0.15) is 45.6 Å². The molecule has 0 saturated carbocycles. The van der Waals surface area contributed by atoms with Gasteiger partial charge in [-0.3, -0.25) is 0 Å². The summed E-state index contributed by atoms with van der Waals surface area (Å²) >= 11 is 0. The molecule has 0 bridgehead atoms. The molecule has 0 aliphatic carbocycles. The van der Waals surface area contributed by atoms with Crippen LogP contribution in [0.25, 0.3) is 0 Å². The first kappa shape index (κ1) is 13.9. The van der Waals surface area contributed by atoms with Gasteiger partial charge in [-0.2, -0.15) is 0 Å². The highest BCUT2D eigenvalue weighted by molar-refractivity contribution is 5.41. The Balaban J connectivity index is 2.57. The van der Waals surface area contributed by atoms with Gasteiger partial charge in [-0.1, -0.05) is 39.7 Å². The summed E-state index contributed by atoms with van der Waals surface area (Å²) in [5, 5.41) is 9.70. The number of aromatic hydroxyl groups is 1. The Morgan fingerprint density at radius 3 is 2.65 bits per heavy atom. The van der Waals surface area contributed by atoms with Gasteiger partial charge >= 0.3 is 0 Å². The first-order chi connectivity index (χ1) is 8.13. The van der Waals surface area contributed by atoms with Gasteiger partial charge in [-0.05, 0) is 36.5 Å². The quantitative estimate of drug-likeness (QED) is 0.720. The molecular weight excluding hydrogens is 212 g/mol.